The number of hydrogen-bond acceptors (Lipinski definition) is 5. The lowest BCUT2D eigenvalue weighted by Gasteiger charge is -2.26. The van der Waals surface area contributed by atoms with E-state index in [1.807, 2.05) is 30.3 Å². The van der Waals surface area contributed by atoms with Crippen LogP contribution in [-0.2, 0) is 6.54 Å². The van der Waals surface area contributed by atoms with Gasteiger partial charge in [-0.3, -0.25) is 0 Å². The van der Waals surface area contributed by atoms with Crippen LogP contribution >= 0.6 is 11.8 Å². The van der Waals surface area contributed by atoms with Gasteiger partial charge in [0.05, 0.1) is 32.0 Å². The Balaban J connectivity index is 1.72. The first-order chi connectivity index (χ1) is 14.6. The van der Waals surface area contributed by atoms with E-state index in [2.05, 4.69) is 4.90 Å². The Labute approximate surface area is 180 Å². The van der Waals surface area contributed by atoms with E-state index in [0.29, 0.717) is 12.3 Å². The Morgan fingerprint density at radius 2 is 1.90 bits per heavy atom. The number of ether oxygens (including phenoxy) is 2. The highest BCUT2D eigenvalue weighted by Gasteiger charge is 2.25. The van der Waals surface area contributed by atoms with E-state index in [1.165, 1.54) is 6.07 Å². The number of phenols is 1. The zero-order valence-electron chi connectivity index (χ0n) is 17.0. The maximum atomic E-state index is 13.8. The summed E-state index contributed by atoms with van der Waals surface area (Å²) in [5.41, 5.74) is 2.77. The number of nitrogens with zero attached hydrogens (tertiary/aromatic N) is 1. The highest BCUT2D eigenvalue weighted by Crippen LogP contribution is 2.47. The predicted molar refractivity (Wildman–Crippen MR) is 118 cm³/mol. The molecule has 6 heteroatoms. The number of aromatic hydroxyl groups is 1. The molecule has 156 valence electrons. The SMILES string of the molecule is COc1ccc2c(c1)SC(c1cccc(F)c1)CCN2Cc1c(O)cccc1OC. The van der Waals surface area contributed by atoms with Gasteiger partial charge in [-0.25, -0.2) is 4.39 Å². The lowest BCUT2D eigenvalue weighted by Crippen LogP contribution is -2.24. The summed E-state index contributed by atoms with van der Waals surface area (Å²) in [6.07, 6.45) is 0.834. The molecule has 0 bridgehead atoms. The number of anilines is 1. The summed E-state index contributed by atoms with van der Waals surface area (Å²) in [5.74, 6) is 1.42. The molecule has 0 amide bonds. The van der Waals surface area contributed by atoms with E-state index in [4.69, 9.17) is 9.47 Å². The molecule has 30 heavy (non-hydrogen) atoms. The van der Waals surface area contributed by atoms with Gasteiger partial charge in [-0.05, 0) is 54.4 Å². The average molecular weight is 426 g/mol. The van der Waals surface area contributed by atoms with Gasteiger partial charge >= 0.3 is 0 Å². The van der Waals surface area contributed by atoms with Crippen LogP contribution in [0.15, 0.2) is 65.6 Å². The fourth-order valence-corrected chi connectivity index (χ4v) is 5.10. The standard InChI is InChI=1S/C24H24FNO3S/c1-28-18-9-10-20-24(14-18)30-23(16-5-3-6-17(25)13-16)11-12-26(20)15-19-21(27)7-4-8-22(19)29-2/h3-10,13-14,23,27H,11-12,15H2,1-2H3. The molecule has 1 aliphatic rings. The van der Waals surface area contributed by atoms with Crippen LogP contribution in [0.3, 0.4) is 0 Å². The Bertz CT molecular complexity index is 1040. The molecule has 0 radical (unpaired) electrons. The second-order valence-electron chi connectivity index (χ2n) is 7.16. The number of thioether (sulfide) groups is 1. The summed E-state index contributed by atoms with van der Waals surface area (Å²) < 4.78 is 24.8. The molecule has 1 aliphatic heterocycles. The monoisotopic (exact) mass is 425 g/mol. The molecule has 0 aliphatic carbocycles. The van der Waals surface area contributed by atoms with Crippen LogP contribution in [0.5, 0.6) is 17.2 Å². The van der Waals surface area contributed by atoms with Crippen molar-refractivity contribution in [1.29, 1.82) is 0 Å². The van der Waals surface area contributed by atoms with Gasteiger partial charge in [0.1, 0.15) is 23.1 Å². The minimum Gasteiger partial charge on any atom is -0.507 e. The Morgan fingerprint density at radius 1 is 1.07 bits per heavy atom. The Kier molecular flexibility index (Phi) is 6.04. The second kappa shape index (κ2) is 8.88. The first-order valence-electron chi connectivity index (χ1n) is 9.79. The number of hydrogen-bond donors (Lipinski definition) is 1. The van der Waals surface area contributed by atoms with Crippen LogP contribution in [0, 0.1) is 5.82 Å². The lowest BCUT2D eigenvalue weighted by molar-refractivity contribution is 0.398. The summed E-state index contributed by atoms with van der Waals surface area (Å²) in [7, 11) is 3.26. The van der Waals surface area contributed by atoms with Crippen molar-refractivity contribution in [2.75, 3.05) is 25.7 Å². The third-order valence-corrected chi connectivity index (χ3v) is 6.71. The maximum absolute atomic E-state index is 13.8. The zero-order chi connectivity index (χ0) is 21.1. The van der Waals surface area contributed by atoms with E-state index in [-0.39, 0.29) is 16.8 Å². The van der Waals surface area contributed by atoms with Gasteiger partial charge in [0.2, 0.25) is 0 Å². The topological polar surface area (TPSA) is 41.9 Å². The molecular formula is C24H24FNO3S. The third-order valence-electron chi connectivity index (χ3n) is 5.34. The van der Waals surface area contributed by atoms with Crippen LogP contribution < -0.4 is 14.4 Å². The van der Waals surface area contributed by atoms with Crippen molar-refractivity contribution in [3.63, 3.8) is 0 Å². The molecule has 0 saturated carbocycles. The molecule has 1 atom stereocenters. The summed E-state index contributed by atoms with van der Waals surface area (Å²) in [6.45, 7) is 1.26. The third kappa shape index (κ3) is 4.19. The van der Waals surface area contributed by atoms with Gasteiger partial charge in [-0.15, -0.1) is 11.8 Å². The van der Waals surface area contributed by atoms with Crippen LogP contribution in [0.1, 0.15) is 22.8 Å². The molecule has 1 unspecified atom stereocenters. The highest BCUT2D eigenvalue weighted by molar-refractivity contribution is 7.99. The largest absolute Gasteiger partial charge is 0.507 e. The number of benzene rings is 3. The smallest absolute Gasteiger partial charge is 0.127 e. The summed E-state index contributed by atoms with van der Waals surface area (Å²) in [6, 6.07) is 18.1. The fraction of sp³-hybridized carbons (Fsp3) is 0.250. The number of rotatable bonds is 5. The lowest BCUT2D eigenvalue weighted by atomic mass is 10.1. The highest BCUT2D eigenvalue weighted by atomic mass is 32.2. The van der Waals surface area contributed by atoms with Gasteiger partial charge in [0, 0.05) is 16.7 Å². The van der Waals surface area contributed by atoms with Crippen molar-refractivity contribution in [3.8, 4) is 17.2 Å². The van der Waals surface area contributed by atoms with Crippen molar-refractivity contribution in [3.05, 3.63) is 77.6 Å². The van der Waals surface area contributed by atoms with Gasteiger partial charge in [-0.2, -0.15) is 0 Å². The zero-order valence-corrected chi connectivity index (χ0v) is 17.8. The van der Waals surface area contributed by atoms with E-state index in [1.54, 1.807) is 50.2 Å². The molecule has 3 aromatic rings. The number of halogens is 1. The molecule has 4 nitrogen and oxygen atoms in total. The van der Waals surface area contributed by atoms with Crippen LogP contribution in [0.4, 0.5) is 10.1 Å². The van der Waals surface area contributed by atoms with Gasteiger partial charge < -0.3 is 19.5 Å². The minimum atomic E-state index is -0.223. The predicted octanol–water partition coefficient (Wildman–Crippen LogP) is 5.79. The van der Waals surface area contributed by atoms with Gasteiger partial charge in [0.15, 0.2) is 0 Å². The average Bonchev–Trinajstić information content (AvgIpc) is 2.94. The Hall–Kier alpha value is -2.86. The fourth-order valence-electron chi connectivity index (χ4n) is 3.78. The molecule has 0 spiro atoms. The molecular weight excluding hydrogens is 401 g/mol. The molecule has 0 aromatic heterocycles. The molecule has 0 saturated heterocycles. The van der Waals surface area contributed by atoms with E-state index in [9.17, 15) is 9.50 Å². The Morgan fingerprint density at radius 3 is 2.67 bits per heavy atom. The quantitative estimate of drug-likeness (QED) is 0.560. The molecule has 1 N–H and O–H groups in total. The normalized spacial score (nSPS) is 16.0. The van der Waals surface area contributed by atoms with Crippen molar-refractivity contribution in [2.24, 2.45) is 0 Å². The molecule has 0 fully saturated rings. The van der Waals surface area contributed by atoms with Gasteiger partial charge in [0.25, 0.3) is 0 Å². The van der Waals surface area contributed by atoms with Crippen molar-refractivity contribution >= 4 is 17.4 Å². The van der Waals surface area contributed by atoms with E-state index >= 15 is 0 Å². The number of phenolic OH excluding ortho intramolecular Hbond substituents is 1. The van der Waals surface area contributed by atoms with Crippen molar-refractivity contribution < 1.29 is 19.0 Å². The van der Waals surface area contributed by atoms with Crippen LogP contribution in [0.25, 0.3) is 0 Å². The van der Waals surface area contributed by atoms with Crippen LogP contribution in [-0.4, -0.2) is 25.9 Å². The van der Waals surface area contributed by atoms with E-state index < -0.39 is 0 Å². The second-order valence-corrected chi connectivity index (χ2v) is 8.41. The van der Waals surface area contributed by atoms with Crippen molar-refractivity contribution in [2.45, 2.75) is 23.1 Å². The molecule has 4 rings (SSSR count). The number of fused-ring (bicyclic) bond motifs is 1. The first-order valence-corrected chi connectivity index (χ1v) is 10.7. The first kappa shape index (κ1) is 20.4. The molecule has 1 heterocycles. The van der Waals surface area contributed by atoms with E-state index in [0.717, 1.165) is 40.4 Å². The summed E-state index contributed by atoms with van der Waals surface area (Å²) >= 11 is 1.72. The maximum Gasteiger partial charge on any atom is 0.127 e. The molecule has 3 aromatic carbocycles. The number of methoxy groups -OCH3 is 2. The summed E-state index contributed by atoms with van der Waals surface area (Å²) in [4.78, 5) is 3.30. The van der Waals surface area contributed by atoms with Gasteiger partial charge in [-0.1, -0.05) is 18.2 Å². The van der Waals surface area contributed by atoms with Crippen molar-refractivity contribution in [1.82, 2.24) is 0 Å². The minimum absolute atomic E-state index is 0.114. The van der Waals surface area contributed by atoms with Crippen LogP contribution in [0.2, 0.25) is 0 Å². The summed E-state index contributed by atoms with van der Waals surface area (Å²) in [5, 5.41) is 10.6.